The molecule has 17 heavy (non-hydrogen) atoms. The van der Waals surface area contributed by atoms with E-state index < -0.39 is 0 Å². The predicted molar refractivity (Wildman–Crippen MR) is 64.8 cm³/mol. The van der Waals surface area contributed by atoms with Crippen molar-refractivity contribution in [2.45, 2.75) is 32.9 Å². The minimum absolute atomic E-state index is 0.362. The molecule has 0 radical (unpaired) electrons. The molecule has 4 nitrogen and oxygen atoms in total. The smallest absolute Gasteiger partial charge is 0.356 e. The van der Waals surface area contributed by atoms with Gasteiger partial charge in [0.15, 0.2) is 0 Å². The van der Waals surface area contributed by atoms with Crippen LogP contribution in [0.15, 0.2) is 12.1 Å². The number of hydrogen-bond acceptors (Lipinski definition) is 4. The summed E-state index contributed by atoms with van der Waals surface area (Å²) in [6.45, 7) is 6.31. The van der Waals surface area contributed by atoms with E-state index in [1.165, 1.54) is 12.7 Å². The second kappa shape index (κ2) is 4.84. The summed E-state index contributed by atoms with van der Waals surface area (Å²) in [6.07, 6.45) is 0.901. The maximum atomic E-state index is 11.4. The first-order chi connectivity index (χ1) is 8.11. The lowest BCUT2D eigenvalue weighted by molar-refractivity contribution is 0.0593. The average molecular weight is 234 g/mol. The van der Waals surface area contributed by atoms with Gasteiger partial charge in [0.1, 0.15) is 5.69 Å². The summed E-state index contributed by atoms with van der Waals surface area (Å²) in [5, 5.41) is 0. The molecule has 2 heterocycles. The Hall–Kier alpha value is -1.42. The number of pyridine rings is 1. The molecule has 0 aromatic carbocycles. The lowest BCUT2D eigenvalue weighted by Crippen LogP contribution is -2.36. The normalized spacial score (nSPS) is 15.8. The van der Waals surface area contributed by atoms with Crippen LogP contribution in [0.5, 0.6) is 0 Å². The second-order valence-electron chi connectivity index (χ2n) is 4.61. The highest BCUT2D eigenvalue weighted by Crippen LogP contribution is 2.19. The number of fused-ring (bicyclic) bond motifs is 1. The number of carbonyl (C=O) groups is 1. The number of hydrogen-bond donors (Lipinski definition) is 0. The molecule has 0 fully saturated rings. The van der Waals surface area contributed by atoms with E-state index in [-0.39, 0.29) is 5.97 Å². The van der Waals surface area contributed by atoms with Crippen molar-refractivity contribution in [2.75, 3.05) is 13.7 Å². The van der Waals surface area contributed by atoms with Crippen molar-refractivity contribution < 1.29 is 9.53 Å². The van der Waals surface area contributed by atoms with Gasteiger partial charge in [-0.3, -0.25) is 4.90 Å². The van der Waals surface area contributed by atoms with E-state index in [0.717, 1.165) is 25.2 Å². The van der Waals surface area contributed by atoms with Crippen molar-refractivity contribution in [1.82, 2.24) is 9.88 Å². The van der Waals surface area contributed by atoms with Gasteiger partial charge in [-0.15, -0.1) is 0 Å². The Balaban J connectivity index is 2.22. The van der Waals surface area contributed by atoms with Crippen LogP contribution in [0.3, 0.4) is 0 Å². The molecule has 1 aliphatic rings. The van der Waals surface area contributed by atoms with Crippen molar-refractivity contribution in [2.24, 2.45) is 0 Å². The van der Waals surface area contributed by atoms with E-state index in [4.69, 9.17) is 0 Å². The summed E-state index contributed by atoms with van der Waals surface area (Å²) < 4.78 is 4.67. The van der Waals surface area contributed by atoms with Gasteiger partial charge in [-0.05, 0) is 25.5 Å². The molecular formula is C13H18N2O2. The SMILES string of the molecule is COC(=O)c1ccc2c(n1)CCN(C(C)C)C2. The van der Waals surface area contributed by atoms with Gasteiger partial charge < -0.3 is 4.74 Å². The van der Waals surface area contributed by atoms with Gasteiger partial charge >= 0.3 is 5.97 Å². The van der Waals surface area contributed by atoms with Gasteiger partial charge in [0.2, 0.25) is 0 Å². The Labute approximate surface area is 102 Å². The first-order valence-corrected chi connectivity index (χ1v) is 5.93. The summed E-state index contributed by atoms with van der Waals surface area (Å²) in [6, 6.07) is 4.28. The average Bonchev–Trinajstić information content (AvgIpc) is 2.36. The molecule has 0 saturated carbocycles. The zero-order chi connectivity index (χ0) is 12.4. The molecule has 1 aromatic rings. The molecule has 2 rings (SSSR count). The molecule has 0 saturated heterocycles. The maximum absolute atomic E-state index is 11.4. The first kappa shape index (κ1) is 12.0. The Morgan fingerprint density at radius 2 is 2.24 bits per heavy atom. The highest BCUT2D eigenvalue weighted by molar-refractivity contribution is 5.87. The predicted octanol–water partition coefficient (Wildman–Crippen LogP) is 1.63. The molecule has 0 amide bonds. The number of carbonyl (C=O) groups excluding carboxylic acids is 1. The topological polar surface area (TPSA) is 42.4 Å². The van der Waals surface area contributed by atoms with Crippen LogP contribution in [-0.2, 0) is 17.7 Å². The van der Waals surface area contributed by atoms with Crippen LogP contribution >= 0.6 is 0 Å². The van der Waals surface area contributed by atoms with Crippen LogP contribution in [0.25, 0.3) is 0 Å². The van der Waals surface area contributed by atoms with Crippen LogP contribution in [0.4, 0.5) is 0 Å². The number of ether oxygens (including phenoxy) is 1. The highest BCUT2D eigenvalue weighted by Gasteiger charge is 2.20. The van der Waals surface area contributed by atoms with E-state index in [1.54, 1.807) is 6.07 Å². The first-order valence-electron chi connectivity index (χ1n) is 5.93. The maximum Gasteiger partial charge on any atom is 0.356 e. The van der Waals surface area contributed by atoms with Crippen molar-refractivity contribution in [3.8, 4) is 0 Å². The van der Waals surface area contributed by atoms with Crippen LogP contribution in [0.1, 0.15) is 35.6 Å². The molecule has 92 valence electrons. The third-order valence-corrected chi connectivity index (χ3v) is 3.20. The van der Waals surface area contributed by atoms with Crippen LogP contribution < -0.4 is 0 Å². The van der Waals surface area contributed by atoms with Gasteiger partial charge in [-0.2, -0.15) is 0 Å². The summed E-state index contributed by atoms with van der Waals surface area (Å²) in [7, 11) is 1.38. The molecule has 0 aliphatic carbocycles. The molecule has 0 atom stereocenters. The quantitative estimate of drug-likeness (QED) is 0.729. The van der Waals surface area contributed by atoms with Crippen LogP contribution in [0.2, 0.25) is 0 Å². The number of aromatic nitrogens is 1. The molecule has 0 N–H and O–H groups in total. The van der Waals surface area contributed by atoms with E-state index in [0.29, 0.717) is 11.7 Å². The third kappa shape index (κ3) is 2.47. The Bertz CT molecular complexity index is 429. The molecule has 0 unspecified atom stereocenters. The highest BCUT2D eigenvalue weighted by atomic mass is 16.5. The van der Waals surface area contributed by atoms with E-state index >= 15 is 0 Å². The largest absolute Gasteiger partial charge is 0.464 e. The Morgan fingerprint density at radius 1 is 1.47 bits per heavy atom. The molecule has 4 heteroatoms. The summed E-state index contributed by atoms with van der Waals surface area (Å²) in [4.78, 5) is 18.2. The summed E-state index contributed by atoms with van der Waals surface area (Å²) in [5.74, 6) is -0.362. The summed E-state index contributed by atoms with van der Waals surface area (Å²) in [5.41, 5.74) is 2.66. The zero-order valence-electron chi connectivity index (χ0n) is 10.6. The van der Waals surface area contributed by atoms with E-state index in [2.05, 4.69) is 28.5 Å². The molecular weight excluding hydrogens is 216 g/mol. The lowest BCUT2D eigenvalue weighted by Gasteiger charge is -2.31. The van der Waals surface area contributed by atoms with Gasteiger partial charge in [0.05, 0.1) is 7.11 Å². The number of rotatable bonds is 2. The van der Waals surface area contributed by atoms with Crippen molar-refractivity contribution in [3.05, 3.63) is 29.1 Å². The van der Waals surface area contributed by atoms with Crippen molar-refractivity contribution in [1.29, 1.82) is 0 Å². The van der Waals surface area contributed by atoms with Crippen LogP contribution in [-0.4, -0.2) is 35.5 Å². The van der Waals surface area contributed by atoms with Gasteiger partial charge in [0, 0.05) is 31.2 Å². The monoisotopic (exact) mass is 234 g/mol. The number of methoxy groups -OCH3 is 1. The molecule has 1 aromatic heterocycles. The second-order valence-corrected chi connectivity index (χ2v) is 4.61. The molecule has 1 aliphatic heterocycles. The number of esters is 1. The fourth-order valence-corrected chi connectivity index (χ4v) is 2.10. The lowest BCUT2D eigenvalue weighted by atomic mass is 10.0. The standard InChI is InChI=1S/C13H18N2O2/c1-9(2)15-7-6-11-10(8-15)4-5-12(14-11)13(16)17-3/h4-5,9H,6-8H2,1-3H3. The van der Waals surface area contributed by atoms with Crippen LogP contribution in [0, 0.1) is 0 Å². The van der Waals surface area contributed by atoms with Gasteiger partial charge in [-0.1, -0.05) is 6.07 Å². The van der Waals surface area contributed by atoms with Crippen molar-refractivity contribution >= 4 is 5.97 Å². The fourth-order valence-electron chi connectivity index (χ4n) is 2.10. The Morgan fingerprint density at radius 3 is 2.88 bits per heavy atom. The molecule has 0 bridgehead atoms. The van der Waals surface area contributed by atoms with Gasteiger partial charge in [-0.25, -0.2) is 9.78 Å². The van der Waals surface area contributed by atoms with Gasteiger partial charge in [0.25, 0.3) is 0 Å². The minimum Gasteiger partial charge on any atom is -0.464 e. The molecule has 0 spiro atoms. The summed E-state index contributed by atoms with van der Waals surface area (Å²) >= 11 is 0. The minimum atomic E-state index is -0.362. The Kier molecular flexibility index (Phi) is 3.43. The third-order valence-electron chi connectivity index (χ3n) is 3.20. The van der Waals surface area contributed by atoms with E-state index in [9.17, 15) is 4.79 Å². The van der Waals surface area contributed by atoms with E-state index in [1.807, 2.05) is 6.07 Å². The zero-order valence-corrected chi connectivity index (χ0v) is 10.6. The number of nitrogens with zero attached hydrogens (tertiary/aromatic N) is 2. The fraction of sp³-hybridized carbons (Fsp3) is 0.538. The van der Waals surface area contributed by atoms with Crippen molar-refractivity contribution in [3.63, 3.8) is 0 Å².